The van der Waals surface area contributed by atoms with Gasteiger partial charge in [-0.1, -0.05) is 54.1 Å². The maximum Gasteiger partial charge on any atom is 0.421 e. The minimum Gasteiger partial charge on any atom is -0.481 e. The number of aliphatic carboxylic acids is 1. The number of methoxy groups -OCH3 is 2. The van der Waals surface area contributed by atoms with E-state index in [1.54, 1.807) is 12.0 Å². The summed E-state index contributed by atoms with van der Waals surface area (Å²) >= 11 is 7.12. The lowest BCUT2D eigenvalue weighted by Crippen LogP contribution is -2.39. The summed E-state index contributed by atoms with van der Waals surface area (Å²) in [5.41, 5.74) is 4.47. The molecule has 2 aliphatic heterocycles. The minimum atomic E-state index is -4.79. The van der Waals surface area contributed by atoms with Crippen LogP contribution in [0, 0.1) is 11.8 Å². The van der Waals surface area contributed by atoms with E-state index in [9.17, 15) is 27.9 Å². The van der Waals surface area contributed by atoms with E-state index in [-0.39, 0.29) is 41.8 Å². The highest BCUT2D eigenvalue weighted by atomic mass is 35.5. The summed E-state index contributed by atoms with van der Waals surface area (Å²) in [6, 6.07) is 15.4. The molecule has 0 bridgehead atoms. The number of hydrogen-bond acceptors (Lipinski definition) is 9. The van der Waals surface area contributed by atoms with Gasteiger partial charge >= 0.3 is 12.1 Å². The molecule has 11 nitrogen and oxygen atoms in total. The Morgan fingerprint density at radius 1 is 0.982 bits per heavy atom. The molecule has 2 saturated heterocycles. The average Bonchev–Trinajstić information content (AvgIpc) is 3.43. The molecule has 4 aliphatic rings. The molecule has 8 rings (SSSR count). The predicted octanol–water partition coefficient (Wildman–Crippen LogP) is 6.84. The van der Waals surface area contributed by atoms with Crippen LogP contribution in [0.2, 0.25) is 5.02 Å². The first kappa shape index (κ1) is 38.0. The Morgan fingerprint density at radius 3 is 2.46 bits per heavy atom. The molecule has 15 heteroatoms. The second-order valence-corrected chi connectivity index (χ2v) is 15.2. The smallest absolute Gasteiger partial charge is 0.421 e. The number of pyridine rings is 2. The lowest BCUT2D eigenvalue weighted by molar-refractivity contribution is -0.143. The van der Waals surface area contributed by atoms with Gasteiger partial charge in [0, 0.05) is 60.9 Å². The van der Waals surface area contributed by atoms with Gasteiger partial charge in [0.15, 0.2) is 0 Å². The molecule has 294 valence electrons. The van der Waals surface area contributed by atoms with Gasteiger partial charge in [-0.25, -0.2) is 4.98 Å². The van der Waals surface area contributed by atoms with E-state index in [4.69, 9.17) is 30.8 Å². The van der Waals surface area contributed by atoms with Gasteiger partial charge in [-0.2, -0.15) is 18.2 Å². The van der Waals surface area contributed by atoms with Crippen LogP contribution in [-0.4, -0.2) is 71.2 Å². The molecule has 4 aromatic rings. The summed E-state index contributed by atoms with van der Waals surface area (Å²) in [5, 5.41) is 16.6. The summed E-state index contributed by atoms with van der Waals surface area (Å²) < 4.78 is 61.0. The molecule has 56 heavy (non-hydrogen) atoms. The SMILES string of the molecule is COc1nc(-c2cccc(-c3cccc4c3CC[C@@H]4Oc3nc(OC)c(CN4C[C@H]5C[C@H]5[C@H]4C(=O)O)cc3C(F)(F)F)c2Cl)ccc1CNC[C@@H]1CCC(=O)N1. The average molecular weight is 792 g/mol. The van der Waals surface area contributed by atoms with E-state index < -0.39 is 35.7 Å². The van der Waals surface area contributed by atoms with Gasteiger partial charge in [0.05, 0.1) is 24.9 Å². The highest BCUT2D eigenvalue weighted by Gasteiger charge is 2.55. The number of carbonyl (C=O) groups excluding carboxylic acids is 1. The molecule has 2 aliphatic carbocycles. The van der Waals surface area contributed by atoms with Crippen molar-refractivity contribution in [3.05, 3.63) is 87.4 Å². The fraction of sp³-hybridized carbons (Fsp3) is 0.415. The summed E-state index contributed by atoms with van der Waals surface area (Å²) in [4.78, 5) is 34.2. The zero-order valence-electron chi connectivity index (χ0n) is 30.8. The number of hydrogen-bond donors (Lipinski definition) is 3. The van der Waals surface area contributed by atoms with Crippen LogP contribution in [0.4, 0.5) is 13.2 Å². The summed E-state index contributed by atoms with van der Waals surface area (Å²) in [5.74, 6) is -0.845. The molecule has 0 spiro atoms. The monoisotopic (exact) mass is 791 g/mol. The Morgan fingerprint density at radius 2 is 1.73 bits per heavy atom. The van der Waals surface area contributed by atoms with E-state index >= 15 is 0 Å². The Balaban J connectivity index is 1.04. The lowest BCUT2D eigenvalue weighted by atomic mass is 9.94. The second-order valence-electron chi connectivity index (χ2n) is 14.9. The standard InChI is InChI=1S/C41H41ClF3N5O6/c1-54-37-21(17-46-18-24-10-14-34(51)47-24)9-12-32(48-37)29-8-4-7-28(35(29)42)25-5-3-6-27-26(25)11-13-33(27)56-39-31(41(43,44)45)16-23(38(49-39)55-2)20-50-19-22-15-30(22)36(50)40(52)53/h3-9,12,16,22,24,30,33,36,46H,10-11,13-15,17-20H2,1-2H3,(H,47,51)(H,52,53)/t22-,24+,30-,33+,36+/m1/s1. The molecule has 2 aromatic heterocycles. The number of benzene rings is 2. The van der Waals surface area contributed by atoms with Crippen molar-refractivity contribution >= 4 is 23.5 Å². The van der Waals surface area contributed by atoms with Crippen molar-refractivity contribution in [1.29, 1.82) is 0 Å². The van der Waals surface area contributed by atoms with Gasteiger partial charge in [-0.3, -0.25) is 14.5 Å². The number of aromatic nitrogens is 2. The number of likely N-dealkylation sites (tertiary alicyclic amines) is 1. The van der Waals surface area contributed by atoms with Gasteiger partial charge in [0.25, 0.3) is 0 Å². The number of fused-ring (bicyclic) bond motifs is 2. The normalized spacial score (nSPS) is 22.8. The number of carbonyl (C=O) groups is 2. The molecule has 0 unspecified atom stereocenters. The third kappa shape index (κ3) is 7.37. The third-order valence-electron chi connectivity index (χ3n) is 11.4. The molecule has 4 heterocycles. The van der Waals surface area contributed by atoms with Crippen molar-refractivity contribution in [2.45, 2.75) is 69.6 Å². The number of nitrogens with one attached hydrogen (secondary N) is 2. The molecule has 1 amide bonds. The predicted molar refractivity (Wildman–Crippen MR) is 200 cm³/mol. The first-order chi connectivity index (χ1) is 26.9. The van der Waals surface area contributed by atoms with Crippen LogP contribution in [0.5, 0.6) is 17.6 Å². The summed E-state index contributed by atoms with van der Waals surface area (Å²) in [7, 11) is 2.88. The van der Waals surface area contributed by atoms with E-state index in [1.165, 1.54) is 7.11 Å². The van der Waals surface area contributed by atoms with Crippen molar-refractivity contribution in [3.8, 4) is 40.0 Å². The van der Waals surface area contributed by atoms with Crippen LogP contribution in [0.25, 0.3) is 22.4 Å². The Bertz CT molecular complexity index is 2190. The van der Waals surface area contributed by atoms with Gasteiger partial charge in [0.1, 0.15) is 17.7 Å². The maximum absolute atomic E-state index is 14.6. The second kappa shape index (κ2) is 15.2. The number of halogens is 4. The van der Waals surface area contributed by atoms with Crippen molar-refractivity contribution in [3.63, 3.8) is 0 Å². The quantitative estimate of drug-likeness (QED) is 0.132. The van der Waals surface area contributed by atoms with E-state index in [0.29, 0.717) is 61.1 Å². The van der Waals surface area contributed by atoms with Crippen molar-refractivity contribution < 1.29 is 42.1 Å². The molecular weight excluding hydrogens is 751 g/mol. The first-order valence-corrected chi connectivity index (χ1v) is 19.0. The maximum atomic E-state index is 14.6. The number of amides is 1. The van der Waals surface area contributed by atoms with E-state index in [0.717, 1.165) is 46.7 Å². The largest absolute Gasteiger partial charge is 0.481 e. The number of nitrogens with zero attached hydrogens (tertiary/aromatic N) is 3. The van der Waals surface area contributed by atoms with Gasteiger partial charge in [0.2, 0.25) is 23.5 Å². The number of carboxylic acid groups (broad SMARTS) is 1. The molecule has 2 aromatic carbocycles. The molecule has 5 atom stereocenters. The van der Waals surface area contributed by atoms with E-state index in [1.807, 2.05) is 48.5 Å². The van der Waals surface area contributed by atoms with Gasteiger partial charge in [-0.05, 0) is 66.3 Å². The van der Waals surface area contributed by atoms with Crippen molar-refractivity contribution in [2.75, 3.05) is 27.3 Å². The number of carboxylic acids is 1. The summed E-state index contributed by atoms with van der Waals surface area (Å²) in [6.07, 6.45) is -2.43. The van der Waals surface area contributed by atoms with Crippen molar-refractivity contribution in [1.82, 2.24) is 25.5 Å². The molecular formula is C41H41ClF3N5O6. The molecule has 3 fully saturated rings. The Hall–Kier alpha value is -4.92. The number of piperidine rings is 1. The van der Waals surface area contributed by atoms with Crippen LogP contribution in [0.15, 0.2) is 54.6 Å². The van der Waals surface area contributed by atoms with Crippen LogP contribution in [0.3, 0.4) is 0 Å². The van der Waals surface area contributed by atoms with Crippen LogP contribution in [-0.2, 0) is 35.3 Å². The van der Waals surface area contributed by atoms with Crippen LogP contribution in [0.1, 0.15) is 59.6 Å². The fourth-order valence-electron chi connectivity index (χ4n) is 8.58. The Labute approximate surface area is 326 Å². The number of ether oxygens (including phenoxy) is 3. The Kier molecular flexibility index (Phi) is 10.3. The van der Waals surface area contributed by atoms with Gasteiger partial charge in [-0.15, -0.1) is 0 Å². The lowest BCUT2D eigenvalue weighted by Gasteiger charge is -2.26. The third-order valence-corrected chi connectivity index (χ3v) is 11.8. The highest BCUT2D eigenvalue weighted by Crippen LogP contribution is 2.51. The molecule has 1 saturated carbocycles. The highest BCUT2D eigenvalue weighted by molar-refractivity contribution is 6.36. The molecule has 3 N–H and O–H groups in total. The zero-order valence-corrected chi connectivity index (χ0v) is 31.5. The number of rotatable bonds is 13. The minimum absolute atomic E-state index is 0.0143. The topological polar surface area (TPSA) is 135 Å². The van der Waals surface area contributed by atoms with Gasteiger partial charge < -0.3 is 30.0 Å². The molecule has 0 radical (unpaired) electrons. The van der Waals surface area contributed by atoms with Crippen LogP contribution < -0.4 is 24.8 Å². The first-order valence-electron chi connectivity index (χ1n) is 18.7. The zero-order chi connectivity index (χ0) is 39.3. The fourth-order valence-corrected chi connectivity index (χ4v) is 8.91. The van der Waals surface area contributed by atoms with Crippen LogP contribution >= 0.6 is 11.6 Å². The van der Waals surface area contributed by atoms with E-state index in [2.05, 4.69) is 15.6 Å². The van der Waals surface area contributed by atoms with Crippen molar-refractivity contribution in [2.24, 2.45) is 11.8 Å². The summed E-state index contributed by atoms with van der Waals surface area (Å²) in [6.45, 7) is 1.59. The number of alkyl halides is 3.